The van der Waals surface area contributed by atoms with Crippen LogP contribution in [0.15, 0.2) is 173 Å². The highest BCUT2D eigenvalue weighted by molar-refractivity contribution is 8.17. The van der Waals surface area contributed by atoms with Crippen LogP contribution < -0.4 is 10.6 Å². The van der Waals surface area contributed by atoms with Crippen molar-refractivity contribution in [3.63, 3.8) is 0 Å². The highest BCUT2D eigenvalue weighted by Crippen LogP contribution is 2.45. The average molecular weight is 866 g/mol. The molecule has 1 saturated heterocycles. The second kappa shape index (κ2) is 18.4. The summed E-state index contributed by atoms with van der Waals surface area (Å²) >= 11 is 3.51. The monoisotopic (exact) mass is 865 g/mol. The molecule has 306 valence electrons. The number of β-lactam (4-membered cyclic amide) rings is 1. The maximum absolute atomic E-state index is 14.2. The Kier molecular flexibility index (Phi) is 12.5. The second-order valence-electron chi connectivity index (χ2n) is 14.0. The minimum absolute atomic E-state index is 0.0176. The van der Waals surface area contributed by atoms with Gasteiger partial charge in [0.1, 0.15) is 35.5 Å². The van der Waals surface area contributed by atoms with Gasteiger partial charge in [-0.15, -0.1) is 23.1 Å². The van der Waals surface area contributed by atoms with Crippen molar-refractivity contribution in [2.24, 2.45) is 5.16 Å². The molecule has 0 saturated carbocycles. The standard InChI is InChI=1S/C47H39N5O6S3/c1-30(53)61-37-29-59-44-39(43(55)52(44)40(37)45(56)58-41(31-18-8-3-9-19-31)32-20-10-4-11-21-32)49-42(54)38(51-57-2)36-28-60-46(48-36)50-47(33-22-12-5-13-23-33,34-24-14-6-15-25-34)35-26-16-7-17-27-35/h3-28,39,41,44H,29H2,1-2H3,(H,48,50)(H,49,54). The molecule has 1 aromatic heterocycles. The predicted molar refractivity (Wildman–Crippen MR) is 240 cm³/mol. The molecule has 5 aromatic carbocycles. The van der Waals surface area contributed by atoms with E-state index in [1.807, 2.05) is 115 Å². The van der Waals surface area contributed by atoms with Crippen LogP contribution in [-0.2, 0) is 34.3 Å². The van der Waals surface area contributed by atoms with Gasteiger partial charge in [-0.1, -0.05) is 169 Å². The summed E-state index contributed by atoms with van der Waals surface area (Å²) in [5.41, 5.74) is 3.61. The fourth-order valence-electron chi connectivity index (χ4n) is 7.47. The number of hydrogen-bond acceptors (Lipinski definition) is 12. The van der Waals surface area contributed by atoms with Crippen LogP contribution in [0.3, 0.4) is 0 Å². The van der Waals surface area contributed by atoms with Gasteiger partial charge in [0, 0.05) is 23.0 Å². The van der Waals surface area contributed by atoms with Gasteiger partial charge in [0.25, 0.3) is 11.8 Å². The molecule has 14 heteroatoms. The molecule has 0 radical (unpaired) electrons. The van der Waals surface area contributed by atoms with Crippen molar-refractivity contribution in [3.05, 3.63) is 201 Å². The molecule has 2 N–H and O–H groups in total. The van der Waals surface area contributed by atoms with Gasteiger partial charge in [-0.2, -0.15) is 0 Å². The average Bonchev–Trinajstić information content (AvgIpc) is 3.77. The molecule has 11 nitrogen and oxygen atoms in total. The van der Waals surface area contributed by atoms with Crippen molar-refractivity contribution in [1.82, 2.24) is 15.2 Å². The minimum atomic E-state index is -1.02. The quantitative estimate of drug-likeness (QED) is 0.0363. The van der Waals surface area contributed by atoms with Gasteiger partial charge in [0.15, 0.2) is 22.1 Å². The SMILES string of the molecule is CON=C(C(=O)NC1C(=O)N2C(C(=O)OC(c3ccccc3)c3ccccc3)=C(SC(C)=O)CSC12)c1csc(NC(c2ccccc2)(c2ccccc2)c2ccccc2)n1. The first-order valence-corrected chi connectivity index (χ1v) is 22.0. The Balaban J connectivity index is 1.05. The third kappa shape index (κ3) is 8.47. The van der Waals surface area contributed by atoms with Gasteiger partial charge in [-0.25, -0.2) is 9.78 Å². The molecule has 2 unspecified atom stereocenters. The number of fused-ring (bicyclic) bond motifs is 1. The molecule has 0 bridgehead atoms. The van der Waals surface area contributed by atoms with Crippen LogP contribution in [0.4, 0.5) is 5.13 Å². The number of esters is 1. The third-order valence-electron chi connectivity index (χ3n) is 10.2. The zero-order valence-electron chi connectivity index (χ0n) is 33.0. The molecule has 61 heavy (non-hydrogen) atoms. The Morgan fingerprint density at radius 1 is 0.803 bits per heavy atom. The fourth-order valence-corrected chi connectivity index (χ4v) is 10.5. The van der Waals surface area contributed by atoms with E-state index < -0.39 is 40.8 Å². The van der Waals surface area contributed by atoms with E-state index in [1.54, 1.807) is 5.38 Å². The van der Waals surface area contributed by atoms with Crippen LogP contribution in [0.25, 0.3) is 0 Å². The molecular formula is C47H39N5O6S3. The summed E-state index contributed by atoms with van der Waals surface area (Å²) in [4.78, 5) is 66.4. The van der Waals surface area contributed by atoms with Crippen LogP contribution >= 0.6 is 34.9 Å². The van der Waals surface area contributed by atoms with E-state index in [-0.39, 0.29) is 28.0 Å². The number of oxime groups is 1. The zero-order valence-corrected chi connectivity index (χ0v) is 35.4. The van der Waals surface area contributed by atoms with Crippen LogP contribution in [0.2, 0.25) is 0 Å². The second-order valence-corrected chi connectivity index (χ2v) is 17.2. The number of carbonyl (C=O) groups excluding carboxylic acids is 4. The lowest BCUT2D eigenvalue weighted by Crippen LogP contribution is -2.71. The van der Waals surface area contributed by atoms with E-state index >= 15 is 0 Å². The number of hydrogen-bond donors (Lipinski definition) is 2. The van der Waals surface area contributed by atoms with Crippen molar-refractivity contribution < 1.29 is 28.8 Å². The lowest BCUT2D eigenvalue weighted by Gasteiger charge is -2.49. The Morgan fingerprint density at radius 3 is 1.80 bits per heavy atom. The Bertz CT molecular complexity index is 2460. The Morgan fingerprint density at radius 2 is 1.31 bits per heavy atom. The van der Waals surface area contributed by atoms with Gasteiger partial charge in [-0.3, -0.25) is 19.3 Å². The molecule has 0 aliphatic carbocycles. The number of rotatable bonds is 14. The summed E-state index contributed by atoms with van der Waals surface area (Å²) in [6, 6.07) is 47.7. The maximum atomic E-state index is 14.2. The summed E-state index contributed by atoms with van der Waals surface area (Å²) in [7, 11) is 1.33. The number of nitrogens with zero attached hydrogens (tertiary/aromatic N) is 3. The number of thioether (sulfide) groups is 2. The molecule has 6 aromatic rings. The summed E-state index contributed by atoms with van der Waals surface area (Å²) in [6.07, 6.45) is -0.783. The molecule has 8 rings (SSSR count). The zero-order chi connectivity index (χ0) is 42.3. The summed E-state index contributed by atoms with van der Waals surface area (Å²) < 4.78 is 6.18. The van der Waals surface area contributed by atoms with Crippen LogP contribution in [-0.4, -0.2) is 62.8 Å². The maximum Gasteiger partial charge on any atom is 0.356 e. The van der Waals surface area contributed by atoms with E-state index in [2.05, 4.69) is 52.2 Å². The van der Waals surface area contributed by atoms with E-state index in [0.29, 0.717) is 10.0 Å². The van der Waals surface area contributed by atoms with Crippen molar-refractivity contribution in [1.29, 1.82) is 0 Å². The van der Waals surface area contributed by atoms with Gasteiger partial charge >= 0.3 is 5.97 Å². The van der Waals surface area contributed by atoms with Crippen molar-refractivity contribution in [2.45, 2.75) is 30.0 Å². The Labute approximate surface area is 365 Å². The molecular weight excluding hydrogens is 827 g/mol. The molecule has 2 atom stereocenters. The number of benzene rings is 5. The fraction of sp³-hybridized carbons (Fsp3) is 0.149. The molecule has 0 spiro atoms. The summed E-state index contributed by atoms with van der Waals surface area (Å²) in [5, 5.41) is 11.9. The first-order valence-electron chi connectivity index (χ1n) is 19.3. The van der Waals surface area contributed by atoms with E-state index in [4.69, 9.17) is 14.6 Å². The number of thiazole rings is 1. The van der Waals surface area contributed by atoms with E-state index in [9.17, 15) is 19.2 Å². The normalized spacial score (nSPS) is 16.3. The lowest BCUT2D eigenvalue weighted by molar-refractivity contribution is -0.154. The predicted octanol–water partition coefficient (Wildman–Crippen LogP) is 8.12. The highest BCUT2D eigenvalue weighted by atomic mass is 32.2. The number of carbonyl (C=O) groups is 4. The number of amides is 2. The number of aromatic nitrogens is 1. The minimum Gasteiger partial charge on any atom is -0.448 e. The third-order valence-corrected chi connectivity index (χ3v) is 13.3. The summed E-state index contributed by atoms with van der Waals surface area (Å²) in [6.45, 7) is 1.40. The van der Waals surface area contributed by atoms with E-state index in [1.165, 1.54) is 42.0 Å². The first kappa shape index (κ1) is 41.3. The number of ether oxygens (including phenoxy) is 1. The first-order chi connectivity index (χ1) is 29.8. The van der Waals surface area contributed by atoms with Crippen molar-refractivity contribution in [3.8, 4) is 0 Å². The van der Waals surface area contributed by atoms with Crippen LogP contribution in [0, 0.1) is 0 Å². The number of anilines is 1. The van der Waals surface area contributed by atoms with Gasteiger partial charge in [0.05, 0.1) is 0 Å². The molecule has 2 aliphatic rings. The largest absolute Gasteiger partial charge is 0.448 e. The Hall–Kier alpha value is -6.48. The van der Waals surface area contributed by atoms with E-state index in [0.717, 1.165) is 39.6 Å². The topological polar surface area (TPSA) is 139 Å². The number of nitrogens with one attached hydrogen (secondary N) is 2. The van der Waals surface area contributed by atoms with Crippen LogP contribution in [0.5, 0.6) is 0 Å². The van der Waals surface area contributed by atoms with Gasteiger partial charge < -0.3 is 20.2 Å². The van der Waals surface area contributed by atoms with Gasteiger partial charge in [0.2, 0.25) is 0 Å². The smallest absolute Gasteiger partial charge is 0.356 e. The highest BCUT2D eigenvalue weighted by Gasteiger charge is 2.55. The summed E-state index contributed by atoms with van der Waals surface area (Å²) in [5.74, 6) is -1.75. The van der Waals surface area contributed by atoms with Crippen molar-refractivity contribution >= 4 is 68.6 Å². The molecule has 1 fully saturated rings. The van der Waals surface area contributed by atoms with Gasteiger partial charge in [-0.05, 0) is 27.8 Å². The molecule has 2 aliphatic heterocycles. The lowest BCUT2D eigenvalue weighted by atomic mass is 9.77. The molecule has 2 amide bonds. The van der Waals surface area contributed by atoms with Crippen LogP contribution in [0.1, 0.15) is 46.5 Å². The molecule has 3 heterocycles. The van der Waals surface area contributed by atoms with Crippen molar-refractivity contribution in [2.75, 3.05) is 18.2 Å².